The first kappa shape index (κ1) is 10.6. The molecule has 0 radical (unpaired) electrons. The van der Waals surface area contributed by atoms with Crippen molar-refractivity contribution in [3.8, 4) is 5.75 Å². The van der Waals surface area contributed by atoms with Gasteiger partial charge < -0.3 is 10.5 Å². The van der Waals surface area contributed by atoms with Crippen molar-refractivity contribution >= 4 is 16.9 Å². The van der Waals surface area contributed by atoms with Crippen LogP contribution in [0.4, 0.5) is 0 Å². The van der Waals surface area contributed by atoms with Crippen LogP contribution in [0.25, 0.3) is 10.9 Å². The van der Waals surface area contributed by atoms with Crippen LogP contribution in [-0.2, 0) is 4.79 Å². The molecule has 2 rings (SSSR count). The second kappa shape index (κ2) is 4.28. The van der Waals surface area contributed by atoms with Crippen molar-refractivity contribution in [2.24, 2.45) is 5.73 Å². The third-order valence-electron chi connectivity index (χ3n) is 2.16. The van der Waals surface area contributed by atoms with Gasteiger partial charge in [0.25, 0.3) is 0 Å². The maximum atomic E-state index is 11.3. The second-order valence-electron chi connectivity index (χ2n) is 3.57. The van der Waals surface area contributed by atoms with Crippen LogP contribution in [0.15, 0.2) is 36.5 Å². The van der Waals surface area contributed by atoms with Crippen LogP contribution < -0.4 is 10.5 Å². The molecular weight excluding hydrogens is 204 g/mol. The van der Waals surface area contributed by atoms with E-state index < -0.39 is 12.0 Å². The molecule has 16 heavy (non-hydrogen) atoms. The van der Waals surface area contributed by atoms with Gasteiger partial charge in [-0.15, -0.1) is 0 Å². The zero-order valence-corrected chi connectivity index (χ0v) is 8.88. The topological polar surface area (TPSA) is 65.2 Å². The van der Waals surface area contributed by atoms with Gasteiger partial charge in [0.1, 0.15) is 11.8 Å². The average molecular weight is 216 g/mol. The summed E-state index contributed by atoms with van der Waals surface area (Å²) in [4.78, 5) is 15.5. The Kier molecular flexibility index (Phi) is 2.83. The van der Waals surface area contributed by atoms with E-state index >= 15 is 0 Å². The van der Waals surface area contributed by atoms with E-state index in [1.807, 2.05) is 12.1 Å². The van der Waals surface area contributed by atoms with Crippen LogP contribution >= 0.6 is 0 Å². The number of rotatable bonds is 2. The van der Waals surface area contributed by atoms with Crippen LogP contribution in [0.3, 0.4) is 0 Å². The number of esters is 1. The normalized spacial score (nSPS) is 12.4. The molecule has 0 amide bonds. The number of fused-ring (bicyclic) bond motifs is 1. The molecule has 1 aromatic heterocycles. The Bertz CT molecular complexity index is 523. The lowest BCUT2D eigenvalue weighted by atomic mass is 10.2. The van der Waals surface area contributed by atoms with Gasteiger partial charge in [-0.25, -0.2) is 4.79 Å². The number of ether oxygens (including phenoxy) is 1. The molecule has 0 aliphatic heterocycles. The smallest absolute Gasteiger partial charge is 0.328 e. The highest BCUT2D eigenvalue weighted by Gasteiger charge is 2.10. The van der Waals surface area contributed by atoms with Gasteiger partial charge in [-0.3, -0.25) is 4.98 Å². The number of carbonyl (C=O) groups excluding carboxylic acids is 1. The lowest BCUT2D eigenvalue weighted by molar-refractivity contribution is -0.135. The van der Waals surface area contributed by atoms with Gasteiger partial charge in [0.15, 0.2) is 0 Å². The van der Waals surface area contributed by atoms with Crippen LogP contribution in [0, 0.1) is 0 Å². The van der Waals surface area contributed by atoms with E-state index in [-0.39, 0.29) is 0 Å². The number of nitrogens with two attached hydrogens (primary N) is 1. The Morgan fingerprint density at radius 2 is 2.25 bits per heavy atom. The third-order valence-corrected chi connectivity index (χ3v) is 2.16. The highest BCUT2D eigenvalue weighted by Crippen LogP contribution is 2.19. The van der Waals surface area contributed by atoms with E-state index in [4.69, 9.17) is 10.5 Å². The number of nitrogens with zero attached hydrogens (tertiary/aromatic N) is 1. The van der Waals surface area contributed by atoms with Gasteiger partial charge in [-0.1, -0.05) is 6.07 Å². The van der Waals surface area contributed by atoms with E-state index in [2.05, 4.69) is 4.98 Å². The van der Waals surface area contributed by atoms with Gasteiger partial charge in [0.05, 0.1) is 5.52 Å². The predicted octanol–water partition coefficient (Wildman–Crippen LogP) is 1.49. The number of benzene rings is 1. The van der Waals surface area contributed by atoms with E-state index in [1.165, 1.54) is 0 Å². The monoisotopic (exact) mass is 216 g/mol. The fourth-order valence-electron chi connectivity index (χ4n) is 1.33. The Hall–Kier alpha value is -1.94. The van der Waals surface area contributed by atoms with Crippen molar-refractivity contribution in [3.05, 3.63) is 36.5 Å². The summed E-state index contributed by atoms with van der Waals surface area (Å²) >= 11 is 0. The van der Waals surface area contributed by atoms with Crippen molar-refractivity contribution in [1.29, 1.82) is 0 Å². The summed E-state index contributed by atoms with van der Waals surface area (Å²) in [6.45, 7) is 1.59. The summed E-state index contributed by atoms with van der Waals surface area (Å²) in [5.41, 5.74) is 6.27. The Balaban J connectivity index is 2.29. The van der Waals surface area contributed by atoms with Gasteiger partial charge in [-0.05, 0) is 31.2 Å². The maximum absolute atomic E-state index is 11.3. The highest BCUT2D eigenvalue weighted by molar-refractivity contribution is 5.82. The highest BCUT2D eigenvalue weighted by atomic mass is 16.5. The maximum Gasteiger partial charge on any atom is 0.328 e. The number of pyridine rings is 1. The first-order chi connectivity index (χ1) is 7.66. The summed E-state index contributed by atoms with van der Waals surface area (Å²) < 4.78 is 5.09. The molecule has 2 N–H and O–H groups in total. The molecule has 1 heterocycles. The average Bonchev–Trinajstić information content (AvgIpc) is 2.28. The van der Waals surface area contributed by atoms with Crippen molar-refractivity contribution in [3.63, 3.8) is 0 Å². The molecule has 1 unspecified atom stereocenters. The summed E-state index contributed by atoms with van der Waals surface area (Å²) in [5, 5.41) is 0.928. The number of aromatic nitrogens is 1. The zero-order chi connectivity index (χ0) is 11.5. The molecule has 0 saturated carbocycles. The van der Waals surface area contributed by atoms with Gasteiger partial charge in [0.2, 0.25) is 0 Å². The molecule has 82 valence electrons. The Labute approximate surface area is 93.0 Å². The van der Waals surface area contributed by atoms with Crippen molar-refractivity contribution in [1.82, 2.24) is 4.98 Å². The molecular formula is C12H12N2O2. The summed E-state index contributed by atoms with van der Waals surface area (Å²) in [6, 6.07) is 8.40. The molecule has 0 spiro atoms. The van der Waals surface area contributed by atoms with E-state index in [0.717, 1.165) is 10.9 Å². The van der Waals surface area contributed by atoms with Gasteiger partial charge >= 0.3 is 5.97 Å². The van der Waals surface area contributed by atoms with Crippen LogP contribution in [-0.4, -0.2) is 17.0 Å². The Morgan fingerprint density at radius 3 is 3.00 bits per heavy atom. The largest absolute Gasteiger partial charge is 0.425 e. The second-order valence-corrected chi connectivity index (χ2v) is 3.57. The molecule has 0 fully saturated rings. The van der Waals surface area contributed by atoms with Crippen LogP contribution in [0.1, 0.15) is 6.92 Å². The minimum Gasteiger partial charge on any atom is -0.425 e. The lowest BCUT2D eigenvalue weighted by Gasteiger charge is -2.07. The summed E-state index contributed by atoms with van der Waals surface area (Å²) in [6.07, 6.45) is 1.72. The van der Waals surface area contributed by atoms with E-state index in [1.54, 1.807) is 31.3 Å². The number of hydrogen-bond acceptors (Lipinski definition) is 4. The molecule has 0 bridgehead atoms. The molecule has 1 aromatic carbocycles. The fraction of sp³-hybridized carbons (Fsp3) is 0.167. The number of hydrogen-bond donors (Lipinski definition) is 1. The molecule has 4 nitrogen and oxygen atoms in total. The van der Waals surface area contributed by atoms with Crippen LogP contribution in [0.2, 0.25) is 0 Å². The standard InChI is InChI=1S/C12H12N2O2/c1-8(13)12(15)16-10-4-5-11-9(7-10)3-2-6-14-11/h2-8H,13H2,1H3. The van der Waals surface area contributed by atoms with Crippen molar-refractivity contribution in [2.75, 3.05) is 0 Å². The molecule has 0 aliphatic rings. The van der Waals surface area contributed by atoms with E-state index in [9.17, 15) is 4.79 Å². The molecule has 2 aromatic rings. The first-order valence-corrected chi connectivity index (χ1v) is 4.99. The summed E-state index contributed by atoms with van der Waals surface area (Å²) in [5.74, 6) is 0.0473. The molecule has 0 saturated heterocycles. The molecule has 4 heteroatoms. The quantitative estimate of drug-likeness (QED) is 0.610. The molecule has 1 atom stereocenters. The SMILES string of the molecule is CC(N)C(=O)Oc1ccc2ncccc2c1. The Morgan fingerprint density at radius 1 is 1.44 bits per heavy atom. The predicted molar refractivity (Wildman–Crippen MR) is 61.0 cm³/mol. The first-order valence-electron chi connectivity index (χ1n) is 4.99. The summed E-state index contributed by atoms with van der Waals surface area (Å²) in [7, 11) is 0. The van der Waals surface area contributed by atoms with E-state index in [0.29, 0.717) is 5.75 Å². The zero-order valence-electron chi connectivity index (χ0n) is 8.88. The van der Waals surface area contributed by atoms with Gasteiger partial charge in [0, 0.05) is 11.6 Å². The van der Waals surface area contributed by atoms with Gasteiger partial charge in [-0.2, -0.15) is 0 Å². The minimum absolute atomic E-state index is 0.441. The fourth-order valence-corrected chi connectivity index (χ4v) is 1.33. The minimum atomic E-state index is -0.621. The lowest BCUT2D eigenvalue weighted by Crippen LogP contribution is -2.30. The van der Waals surface area contributed by atoms with Crippen molar-refractivity contribution < 1.29 is 9.53 Å². The number of carbonyl (C=O) groups is 1. The molecule has 0 aliphatic carbocycles. The van der Waals surface area contributed by atoms with Crippen molar-refractivity contribution in [2.45, 2.75) is 13.0 Å². The van der Waals surface area contributed by atoms with Crippen LogP contribution in [0.5, 0.6) is 5.75 Å². The third kappa shape index (κ3) is 2.17.